The predicted molar refractivity (Wildman–Crippen MR) is 261 cm³/mol. The quantitative estimate of drug-likeness (QED) is 0.102. The lowest BCUT2D eigenvalue weighted by Crippen LogP contribution is -2.32. The number of pyridine rings is 1. The summed E-state index contributed by atoms with van der Waals surface area (Å²) in [7, 11) is 0. The molecule has 0 aliphatic heterocycles. The summed E-state index contributed by atoms with van der Waals surface area (Å²) in [6.07, 6.45) is 6.17. The van der Waals surface area contributed by atoms with Crippen LogP contribution < -0.4 is 9.30 Å². The highest BCUT2D eigenvalue weighted by molar-refractivity contribution is 6.09. The maximum atomic E-state index is 9.07. The standard InChI is InChI=1S/C59H46N4O/c1-41-18-15-31-54-57(41)62(58-49(43-19-7-4-8-20-43)28-17-29-50(58)44-21-9-5-10-22-44)40-61(54)46-25-16-26-47(37-46)64-48-32-33-52-51-27-13-14-30-53(51)63(55(52)38-48)56-36-42(34-35-60-56)39-59(2,3)45-23-11-6-12-24-45/h4-38H,39H2,1-3H3/i4D,5D,7D,8D,9D,10D,19D,20D,21D,22D. The second-order valence-corrected chi connectivity index (χ2v) is 16.5. The van der Waals surface area contributed by atoms with Crippen LogP contribution in [-0.4, -0.2) is 14.1 Å². The monoisotopic (exact) mass is 836 g/mol. The molecule has 3 heterocycles. The number of ether oxygens (including phenoxy) is 1. The molecule has 8 aromatic carbocycles. The number of imidazole rings is 1. The molecule has 64 heavy (non-hydrogen) atoms. The molecule has 0 saturated carbocycles. The van der Waals surface area contributed by atoms with Crippen LogP contribution in [0.4, 0.5) is 0 Å². The van der Waals surface area contributed by atoms with Crippen molar-refractivity contribution in [3.63, 3.8) is 0 Å². The fourth-order valence-corrected chi connectivity index (χ4v) is 8.91. The number of hydrogen-bond acceptors (Lipinski definition) is 2. The third-order valence-electron chi connectivity index (χ3n) is 11.9. The molecule has 0 spiro atoms. The van der Waals surface area contributed by atoms with E-state index in [1.165, 1.54) is 5.56 Å². The first-order valence-corrected chi connectivity index (χ1v) is 21.1. The SMILES string of the molecule is [2H]c1c([2H])c([2H])c(-c2cccc(-c3c([2H])c([2H])c([2H])c([2H])c3[2H])c2-[n+]2[c-]n(-c3cccc(Oc4ccc5c6ccccc6n(-c6cc(CC(C)(C)c7ccccc7)ccn6)c5c4)c3)c3cccc(C)c32)c([2H])c1[2H]. The van der Waals surface area contributed by atoms with E-state index in [-0.39, 0.29) is 33.4 Å². The lowest BCUT2D eigenvalue weighted by atomic mass is 9.79. The molecule has 3 aromatic heterocycles. The van der Waals surface area contributed by atoms with E-state index in [1.54, 1.807) is 22.8 Å². The largest absolute Gasteiger partial charge is 0.458 e. The van der Waals surface area contributed by atoms with Gasteiger partial charge in [0.1, 0.15) is 17.3 Å². The Morgan fingerprint density at radius 2 is 1.28 bits per heavy atom. The molecule has 0 aliphatic carbocycles. The van der Waals surface area contributed by atoms with Crippen LogP contribution in [-0.2, 0) is 11.8 Å². The van der Waals surface area contributed by atoms with Gasteiger partial charge in [-0.2, -0.15) is 0 Å². The van der Waals surface area contributed by atoms with Gasteiger partial charge >= 0.3 is 0 Å². The third kappa shape index (κ3) is 7.01. The molecule has 11 aromatic rings. The predicted octanol–water partition coefficient (Wildman–Crippen LogP) is 14.2. The molecule has 5 heteroatoms. The number of benzene rings is 8. The minimum Gasteiger partial charge on any atom is -0.458 e. The molecule has 0 atom stereocenters. The van der Waals surface area contributed by atoms with E-state index in [4.69, 9.17) is 23.4 Å². The van der Waals surface area contributed by atoms with Crippen LogP contribution in [0.15, 0.2) is 212 Å². The first-order valence-electron chi connectivity index (χ1n) is 26.1. The first kappa shape index (κ1) is 29.3. The Labute approximate surface area is 387 Å². The van der Waals surface area contributed by atoms with E-state index in [2.05, 4.69) is 79.3 Å². The number of para-hydroxylation sites is 3. The molecule has 5 nitrogen and oxygen atoms in total. The number of fused-ring (bicyclic) bond motifs is 4. The summed E-state index contributed by atoms with van der Waals surface area (Å²) in [4.78, 5) is 4.91. The molecular weight excluding hydrogens is 781 g/mol. The second kappa shape index (κ2) is 16.0. The Balaban J connectivity index is 1.05. The Morgan fingerprint density at radius 1 is 0.625 bits per heavy atom. The molecule has 11 rings (SSSR count). The molecular formula is C59H46N4O. The van der Waals surface area contributed by atoms with Gasteiger partial charge in [0.25, 0.3) is 6.33 Å². The Morgan fingerprint density at radius 3 is 2.05 bits per heavy atom. The number of nitrogens with zero attached hydrogens (tertiary/aromatic N) is 4. The van der Waals surface area contributed by atoms with Gasteiger partial charge in [0, 0.05) is 23.0 Å². The van der Waals surface area contributed by atoms with Gasteiger partial charge in [-0.3, -0.25) is 13.7 Å². The van der Waals surface area contributed by atoms with Crippen LogP contribution in [0.3, 0.4) is 0 Å². The van der Waals surface area contributed by atoms with E-state index in [9.17, 15) is 0 Å². The number of aryl methyl sites for hydroxylation is 1. The first-order chi connectivity index (χ1) is 35.5. The van der Waals surface area contributed by atoms with Gasteiger partial charge < -0.3 is 4.74 Å². The van der Waals surface area contributed by atoms with Crippen molar-refractivity contribution < 1.29 is 23.0 Å². The Hall–Kier alpha value is -8.02. The number of hydrogen-bond donors (Lipinski definition) is 0. The van der Waals surface area contributed by atoms with Crippen molar-refractivity contribution in [3.05, 3.63) is 235 Å². The van der Waals surface area contributed by atoms with Crippen LogP contribution in [0.1, 0.15) is 44.2 Å². The maximum Gasteiger partial charge on any atom is 0.269 e. The molecule has 0 bridgehead atoms. The Bertz CT molecular complexity index is 3950. The van der Waals surface area contributed by atoms with Gasteiger partial charge in [-0.15, -0.1) is 0 Å². The van der Waals surface area contributed by atoms with Crippen molar-refractivity contribution in [3.8, 4) is 50.9 Å². The van der Waals surface area contributed by atoms with Gasteiger partial charge in [-0.05, 0) is 106 Å². The average molecular weight is 837 g/mol. The van der Waals surface area contributed by atoms with Crippen LogP contribution >= 0.6 is 0 Å². The van der Waals surface area contributed by atoms with Crippen molar-refractivity contribution in [2.75, 3.05) is 0 Å². The highest BCUT2D eigenvalue weighted by atomic mass is 16.5. The van der Waals surface area contributed by atoms with Crippen LogP contribution in [0.2, 0.25) is 0 Å². The fourth-order valence-electron chi connectivity index (χ4n) is 8.91. The molecule has 0 amide bonds. The zero-order valence-electron chi connectivity index (χ0n) is 45.3. The summed E-state index contributed by atoms with van der Waals surface area (Å²) in [5, 5.41) is 2.12. The second-order valence-electron chi connectivity index (χ2n) is 16.5. The highest BCUT2D eigenvalue weighted by Gasteiger charge is 2.23. The van der Waals surface area contributed by atoms with E-state index in [0.717, 1.165) is 45.2 Å². The normalized spacial score (nSPS) is 13.9. The van der Waals surface area contributed by atoms with E-state index < -0.39 is 60.4 Å². The Kier molecular flexibility index (Phi) is 7.34. The van der Waals surface area contributed by atoms with Gasteiger partial charge in [0.05, 0.1) is 47.1 Å². The highest BCUT2D eigenvalue weighted by Crippen LogP contribution is 2.38. The molecule has 0 unspecified atom stereocenters. The molecule has 0 radical (unpaired) electrons. The summed E-state index contributed by atoms with van der Waals surface area (Å²) in [6, 6.07) is 41.9. The van der Waals surface area contributed by atoms with Gasteiger partial charge in [0.2, 0.25) is 0 Å². The van der Waals surface area contributed by atoms with Crippen molar-refractivity contribution in [2.24, 2.45) is 0 Å². The average Bonchev–Trinajstić information content (AvgIpc) is 3.97. The third-order valence-corrected chi connectivity index (χ3v) is 11.9. The van der Waals surface area contributed by atoms with Gasteiger partial charge in [0.15, 0.2) is 0 Å². The van der Waals surface area contributed by atoms with Crippen LogP contribution in [0.5, 0.6) is 11.5 Å². The summed E-state index contributed by atoms with van der Waals surface area (Å²) in [6.45, 7) is 6.42. The molecule has 0 N–H and O–H groups in total. The van der Waals surface area contributed by atoms with Crippen LogP contribution in [0.25, 0.3) is 72.3 Å². The lowest BCUT2D eigenvalue weighted by molar-refractivity contribution is -0.571. The minimum absolute atomic E-state index is 0.115. The zero-order chi connectivity index (χ0) is 51.9. The minimum atomic E-state index is -0.565. The van der Waals surface area contributed by atoms with Gasteiger partial charge in [-0.1, -0.05) is 165 Å². The summed E-state index contributed by atoms with van der Waals surface area (Å²) >= 11 is 0. The molecule has 0 fully saturated rings. The van der Waals surface area contributed by atoms with E-state index in [1.807, 2.05) is 90.5 Å². The number of rotatable bonds is 10. The maximum absolute atomic E-state index is 9.07. The summed E-state index contributed by atoms with van der Waals surface area (Å²) in [5.74, 6) is 1.89. The van der Waals surface area contributed by atoms with E-state index >= 15 is 0 Å². The summed E-state index contributed by atoms with van der Waals surface area (Å²) in [5.41, 5.74) is 7.18. The van der Waals surface area contributed by atoms with Crippen molar-refractivity contribution in [1.82, 2.24) is 14.1 Å². The van der Waals surface area contributed by atoms with Crippen molar-refractivity contribution in [2.45, 2.75) is 32.6 Å². The molecule has 0 aliphatic rings. The van der Waals surface area contributed by atoms with Crippen molar-refractivity contribution >= 4 is 32.8 Å². The topological polar surface area (TPSA) is 35.9 Å². The fraction of sp³-hybridized carbons (Fsp3) is 0.0847. The lowest BCUT2D eigenvalue weighted by Gasteiger charge is -2.25. The smallest absolute Gasteiger partial charge is 0.269 e. The number of aromatic nitrogens is 4. The molecule has 308 valence electrons. The molecule has 0 saturated heterocycles. The van der Waals surface area contributed by atoms with Gasteiger partial charge in [-0.25, -0.2) is 4.98 Å². The summed E-state index contributed by atoms with van der Waals surface area (Å²) < 4.78 is 99.8. The zero-order valence-corrected chi connectivity index (χ0v) is 35.3. The van der Waals surface area contributed by atoms with Crippen LogP contribution in [0, 0.1) is 13.3 Å². The van der Waals surface area contributed by atoms with E-state index in [0.29, 0.717) is 28.2 Å². The van der Waals surface area contributed by atoms with Crippen molar-refractivity contribution in [1.29, 1.82) is 0 Å².